The molecule has 0 heterocycles. The van der Waals surface area contributed by atoms with Crippen molar-refractivity contribution in [3.63, 3.8) is 0 Å². The minimum absolute atomic E-state index is 0.0120. The van der Waals surface area contributed by atoms with E-state index in [0.717, 1.165) is 24.3 Å². The average Bonchev–Trinajstić information content (AvgIpc) is 2.26. The highest BCUT2D eigenvalue weighted by Crippen LogP contribution is 2.29. The lowest BCUT2D eigenvalue weighted by molar-refractivity contribution is -0.137. The molecule has 1 N–H and O–H groups in total. The highest BCUT2D eigenvalue weighted by atomic mass is 19.4. The molecule has 0 fully saturated rings. The van der Waals surface area contributed by atoms with Crippen LogP contribution in [0.5, 0.6) is 0 Å². The average molecular weight is 258 g/mol. The molecular weight excluding hydrogens is 249 g/mol. The number of aliphatic carboxylic acids is 1. The van der Waals surface area contributed by atoms with Crippen LogP contribution in [0.25, 0.3) is 0 Å². The summed E-state index contributed by atoms with van der Waals surface area (Å²) in [4.78, 5) is 22.0. The predicted octanol–water partition coefficient (Wildman–Crippen LogP) is 2.92. The summed E-state index contributed by atoms with van der Waals surface area (Å²) in [5.41, 5.74) is -0.904. The SMILES string of the molecule is C/C(=C\C(=O)O)C(=O)c1ccc(C(F)(F)F)cc1. The zero-order chi connectivity index (χ0) is 13.9. The lowest BCUT2D eigenvalue weighted by Gasteiger charge is -2.07. The number of rotatable bonds is 3. The Morgan fingerprint density at radius 2 is 1.67 bits per heavy atom. The minimum Gasteiger partial charge on any atom is -0.478 e. The quantitative estimate of drug-likeness (QED) is 0.670. The van der Waals surface area contributed by atoms with Crippen molar-refractivity contribution < 1.29 is 27.9 Å². The molecule has 0 aromatic heterocycles. The molecule has 3 nitrogen and oxygen atoms in total. The molecule has 0 aliphatic heterocycles. The lowest BCUT2D eigenvalue weighted by Crippen LogP contribution is -2.07. The number of Topliss-reactive ketones (excluding diaryl/α,β-unsaturated/α-hetero) is 1. The van der Waals surface area contributed by atoms with Gasteiger partial charge in [0.05, 0.1) is 5.56 Å². The van der Waals surface area contributed by atoms with Gasteiger partial charge in [0.1, 0.15) is 0 Å². The fourth-order valence-electron chi connectivity index (χ4n) is 1.29. The van der Waals surface area contributed by atoms with Crippen LogP contribution in [0, 0.1) is 0 Å². The van der Waals surface area contributed by atoms with Gasteiger partial charge in [-0.1, -0.05) is 12.1 Å². The third-order valence-electron chi connectivity index (χ3n) is 2.17. The molecule has 0 aliphatic carbocycles. The van der Waals surface area contributed by atoms with Gasteiger partial charge in [-0.3, -0.25) is 4.79 Å². The number of allylic oxidation sites excluding steroid dienone is 1. The maximum absolute atomic E-state index is 12.3. The minimum atomic E-state index is -4.46. The van der Waals surface area contributed by atoms with Crippen molar-refractivity contribution in [1.82, 2.24) is 0 Å². The van der Waals surface area contributed by atoms with E-state index in [9.17, 15) is 22.8 Å². The standard InChI is InChI=1S/C12H9F3O3/c1-7(6-10(16)17)11(18)8-2-4-9(5-3-8)12(13,14)15/h2-6H,1H3,(H,16,17)/b7-6+. The van der Waals surface area contributed by atoms with Gasteiger partial charge in [-0.15, -0.1) is 0 Å². The van der Waals surface area contributed by atoms with Gasteiger partial charge in [0.25, 0.3) is 0 Å². The second-order valence-corrected chi connectivity index (χ2v) is 3.57. The number of benzene rings is 1. The van der Waals surface area contributed by atoms with Gasteiger partial charge in [-0.05, 0) is 19.1 Å². The normalized spacial score (nSPS) is 12.3. The molecule has 0 atom stereocenters. The Morgan fingerprint density at radius 1 is 1.17 bits per heavy atom. The Kier molecular flexibility index (Phi) is 3.90. The molecule has 0 saturated heterocycles. The summed E-state index contributed by atoms with van der Waals surface area (Å²) in [7, 11) is 0. The van der Waals surface area contributed by atoms with Crippen LogP contribution in [-0.2, 0) is 11.0 Å². The molecule has 0 unspecified atom stereocenters. The predicted molar refractivity (Wildman–Crippen MR) is 57.2 cm³/mol. The lowest BCUT2D eigenvalue weighted by atomic mass is 10.0. The van der Waals surface area contributed by atoms with E-state index in [4.69, 9.17) is 5.11 Å². The van der Waals surface area contributed by atoms with Crippen LogP contribution >= 0.6 is 0 Å². The number of hydrogen-bond acceptors (Lipinski definition) is 2. The van der Waals surface area contributed by atoms with E-state index in [1.807, 2.05) is 0 Å². The van der Waals surface area contributed by atoms with Crippen molar-refractivity contribution in [2.24, 2.45) is 0 Å². The zero-order valence-corrected chi connectivity index (χ0v) is 9.28. The molecule has 6 heteroatoms. The Labute approximate surface area is 101 Å². The van der Waals surface area contributed by atoms with Gasteiger partial charge in [0.2, 0.25) is 0 Å². The number of carboxylic acids is 1. The van der Waals surface area contributed by atoms with Gasteiger partial charge in [0, 0.05) is 17.2 Å². The van der Waals surface area contributed by atoms with Crippen LogP contribution in [0.4, 0.5) is 13.2 Å². The fourth-order valence-corrected chi connectivity index (χ4v) is 1.29. The van der Waals surface area contributed by atoms with Crippen molar-refractivity contribution in [3.8, 4) is 0 Å². The molecule has 1 aromatic rings. The van der Waals surface area contributed by atoms with E-state index in [-0.39, 0.29) is 11.1 Å². The molecule has 18 heavy (non-hydrogen) atoms. The summed E-state index contributed by atoms with van der Waals surface area (Å²) in [6, 6.07) is 3.59. The highest BCUT2D eigenvalue weighted by Gasteiger charge is 2.30. The Hall–Kier alpha value is -2.11. The molecule has 0 radical (unpaired) electrons. The van der Waals surface area contributed by atoms with Gasteiger partial charge in [0.15, 0.2) is 5.78 Å². The van der Waals surface area contributed by atoms with Crippen LogP contribution in [0.15, 0.2) is 35.9 Å². The number of alkyl halides is 3. The number of halogens is 3. The fraction of sp³-hybridized carbons (Fsp3) is 0.167. The van der Waals surface area contributed by atoms with E-state index in [0.29, 0.717) is 6.08 Å². The number of carbonyl (C=O) groups excluding carboxylic acids is 1. The summed E-state index contributed by atoms with van der Waals surface area (Å²) in [6.45, 7) is 1.29. The summed E-state index contributed by atoms with van der Waals surface area (Å²) < 4.78 is 36.8. The molecule has 0 bridgehead atoms. The largest absolute Gasteiger partial charge is 0.478 e. The first-order chi connectivity index (χ1) is 8.21. The number of ketones is 1. The molecule has 1 rings (SSSR count). The molecule has 0 saturated carbocycles. The van der Waals surface area contributed by atoms with Crippen molar-refractivity contribution in [2.45, 2.75) is 13.1 Å². The van der Waals surface area contributed by atoms with Gasteiger partial charge in [-0.2, -0.15) is 13.2 Å². The van der Waals surface area contributed by atoms with Gasteiger partial charge < -0.3 is 5.11 Å². The second kappa shape index (κ2) is 5.03. The number of hydrogen-bond donors (Lipinski definition) is 1. The first-order valence-electron chi connectivity index (χ1n) is 4.85. The molecule has 0 aliphatic rings. The van der Waals surface area contributed by atoms with Crippen LogP contribution in [-0.4, -0.2) is 16.9 Å². The molecule has 96 valence electrons. The number of carboxylic acid groups (broad SMARTS) is 1. The second-order valence-electron chi connectivity index (χ2n) is 3.57. The van der Waals surface area contributed by atoms with Crippen LogP contribution in [0.1, 0.15) is 22.8 Å². The van der Waals surface area contributed by atoms with Crippen LogP contribution < -0.4 is 0 Å². The van der Waals surface area contributed by atoms with Crippen molar-refractivity contribution in [1.29, 1.82) is 0 Å². The molecule has 0 amide bonds. The van der Waals surface area contributed by atoms with Crippen LogP contribution in [0.3, 0.4) is 0 Å². The number of carbonyl (C=O) groups is 2. The van der Waals surface area contributed by atoms with Crippen molar-refractivity contribution in [3.05, 3.63) is 47.0 Å². The van der Waals surface area contributed by atoms with E-state index >= 15 is 0 Å². The first kappa shape index (κ1) is 14.0. The van der Waals surface area contributed by atoms with E-state index in [1.54, 1.807) is 0 Å². The third-order valence-corrected chi connectivity index (χ3v) is 2.17. The smallest absolute Gasteiger partial charge is 0.416 e. The Balaban J connectivity index is 3.00. The first-order valence-corrected chi connectivity index (χ1v) is 4.85. The van der Waals surface area contributed by atoms with Crippen molar-refractivity contribution in [2.75, 3.05) is 0 Å². The highest BCUT2D eigenvalue weighted by molar-refractivity contribution is 6.10. The van der Waals surface area contributed by atoms with E-state index in [2.05, 4.69) is 0 Å². The molecule has 1 aromatic carbocycles. The zero-order valence-electron chi connectivity index (χ0n) is 9.28. The van der Waals surface area contributed by atoms with E-state index < -0.39 is 23.5 Å². The maximum atomic E-state index is 12.3. The van der Waals surface area contributed by atoms with Crippen molar-refractivity contribution >= 4 is 11.8 Å². The van der Waals surface area contributed by atoms with Gasteiger partial charge >= 0.3 is 12.1 Å². The third kappa shape index (κ3) is 3.44. The monoisotopic (exact) mass is 258 g/mol. The van der Waals surface area contributed by atoms with Gasteiger partial charge in [-0.25, -0.2) is 4.79 Å². The Morgan fingerprint density at radius 3 is 2.06 bits per heavy atom. The summed E-state index contributed by atoms with van der Waals surface area (Å²) in [5, 5.41) is 8.45. The summed E-state index contributed by atoms with van der Waals surface area (Å²) >= 11 is 0. The Bertz CT molecular complexity index is 498. The maximum Gasteiger partial charge on any atom is 0.416 e. The summed E-state index contributed by atoms with van der Waals surface area (Å²) in [5.74, 6) is -1.90. The van der Waals surface area contributed by atoms with Crippen LogP contribution in [0.2, 0.25) is 0 Å². The topological polar surface area (TPSA) is 54.4 Å². The molecule has 0 spiro atoms. The summed E-state index contributed by atoms with van der Waals surface area (Å²) in [6.07, 6.45) is -3.76. The molecular formula is C12H9F3O3. The van der Waals surface area contributed by atoms with E-state index in [1.165, 1.54) is 6.92 Å².